The Kier molecular flexibility index (Phi) is 5.07. The standard InChI is InChI=1S/C19H22N6O2/c1-5-13-6-8-14(9-7-13)18(26)22-23-19(27)16-10-15(20-21-16)17-11(2)24-25(4)12(17)3/h6-10H,5H2,1-4H3,(H,20,21)(H,22,26)(H,23,27). The Hall–Kier alpha value is -3.42. The molecule has 0 saturated carbocycles. The zero-order valence-corrected chi connectivity index (χ0v) is 15.8. The van der Waals surface area contributed by atoms with Gasteiger partial charge in [0.05, 0.1) is 11.4 Å². The lowest BCUT2D eigenvalue weighted by Gasteiger charge is -2.06. The average molecular weight is 366 g/mol. The second kappa shape index (κ2) is 7.45. The smallest absolute Gasteiger partial charge is 0.272 e. The van der Waals surface area contributed by atoms with Crippen LogP contribution in [0.2, 0.25) is 0 Å². The number of nitrogens with zero attached hydrogens (tertiary/aromatic N) is 3. The fourth-order valence-electron chi connectivity index (χ4n) is 2.86. The highest BCUT2D eigenvalue weighted by Gasteiger charge is 2.17. The highest BCUT2D eigenvalue weighted by Crippen LogP contribution is 2.25. The minimum Gasteiger partial charge on any atom is -0.272 e. The maximum atomic E-state index is 12.3. The molecule has 0 atom stereocenters. The van der Waals surface area contributed by atoms with E-state index in [1.165, 1.54) is 0 Å². The van der Waals surface area contributed by atoms with E-state index < -0.39 is 5.91 Å². The number of amides is 2. The molecular formula is C19H22N6O2. The van der Waals surface area contributed by atoms with Crippen molar-refractivity contribution in [2.75, 3.05) is 0 Å². The lowest BCUT2D eigenvalue weighted by atomic mass is 10.1. The monoisotopic (exact) mass is 366 g/mol. The van der Waals surface area contributed by atoms with Crippen LogP contribution in [0.3, 0.4) is 0 Å². The largest absolute Gasteiger partial charge is 0.287 e. The van der Waals surface area contributed by atoms with Crippen LogP contribution in [0.1, 0.15) is 44.7 Å². The normalized spacial score (nSPS) is 10.7. The van der Waals surface area contributed by atoms with E-state index in [-0.39, 0.29) is 11.6 Å². The van der Waals surface area contributed by atoms with Gasteiger partial charge in [0.15, 0.2) is 0 Å². The van der Waals surface area contributed by atoms with E-state index in [1.807, 2.05) is 40.0 Å². The number of aromatic nitrogens is 4. The van der Waals surface area contributed by atoms with Crippen LogP contribution >= 0.6 is 0 Å². The van der Waals surface area contributed by atoms with E-state index in [4.69, 9.17) is 0 Å². The van der Waals surface area contributed by atoms with E-state index in [0.717, 1.165) is 28.9 Å². The van der Waals surface area contributed by atoms with Crippen molar-refractivity contribution >= 4 is 11.8 Å². The molecular weight excluding hydrogens is 344 g/mol. The molecule has 3 aromatic rings. The number of carbonyl (C=O) groups excluding carboxylic acids is 2. The van der Waals surface area contributed by atoms with Gasteiger partial charge in [-0.15, -0.1) is 0 Å². The highest BCUT2D eigenvalue weighted by atomic mass is 16.2. The average Bonchev–Trinajstić information content (AvgIpc) is 3.24. The molecule has 3 N–H and O–H groups in total. The molecule has 0 spiro atoms. The number of rotatable bonds is 4. The van der Waals surface area contributed by atoms with Crippen LogP contribution in [0.15, 0.2) is 30.3 Å². The molecule has 1 aromatic carbocycles. The zero-order valence-electron chi connectivity index (χ0n) is 15.8. The first kappa shape index (κ1) is 18.4. The van der Waals surface area contributed by atoms with Crippen LogP contribution < -0.4 is 10.9 Å². The Morgan fingerprint density at radius 2 is 1.78 bits per heavy atom. The summed E-state index contributed by atoms with van der Waals surface area (Å²) in [5, 5.41) is 11.2. The number of aryl methyl sites for hydroxylation is 3. The van der Waals surface area contributed by atoms with Crippen molar-refractivity contribution in [3.05, 3.63) is 58.5 Å². The van der Waals surface area contributed by atoms with Gasteiger partial charge >= 0.3 is 0 Å². The summed E-state index contributed by atoms with van der Waals surface area (Å²) in [7, 11) is 1.86. The lowest BCUT2D eigenvalue weighted by molar-refractivity contribution is 0.0844. The first-order valence-electron chi connectivity index (χ1n) is 8.66. The maximum absolute atomic E-state index is 12.3. The van der Waals surface area contributed by atoms with Crippen LogP contribution in [-0.4, -0.2) is 31.8 Å². The third kappa shape index (κ3) is 3.74. The number of H-pyrrole nitrogens is 1. The van der Waals surface area contributed by atoms with Crippen LogP contribution in [0.5, 0.6) is 0 Å². The molecule has 0 radical (unpaired) electrons. The van der Waals surface area contributed by atoms with Crippen molar-refractivity contribution in [2.45, 2.75) is 27.2 Å². The summed E-state index contributed by atoms with van der Waals surface area (Å²) in [6, 6.07) is 8.85. The van der Waals surface area contributed by atoms with E-state index in [2.05, 4.69) is 26.1 Å². The molecule has 2 heterocycles. The second-order valence-electron chi connectivity index (χ2n) is 6.30. The van der Waals surface area contributed by atoms with Crippen LogP contribution in [0.4, 0.5) is 0 Å². The third-order valence-electron chi connectivity index (χ3n) is 4.50. The van der Waals surface area contributed by atoms with Gasteiger partial charge in [0.1, 0.15) is 5.69 Å². The number of nitrogens with one attached hydrogen (secondary N) is 3. The highest BCUT2D eigenvalue weighted by molar-refractivity contribution is 5.98. The molecule has 0 unspecified atom stereocenters. The molecule has 2 amide bonds. The van der Waals surface area contributed by atoms with E-state index >= 15 is 0 Å². The molecule has 8 heteroatoms. The van der Waals surface area contributed by atoms with Crippen molar-refractivity contribution in [2.24, 2.45) is 7.05 Å². The summed E-state index contributed by atoms with van der Waals surface area (Å²) in [6.45, 7) is 5.87. The predicted molar refractivity (Wildman–Crippen MR) is 101 cm³/mol. The molecule has 0 bridgehead atoms. The first-order chi connectivity index (χ1) is 12.9. The molecule has 8 nitrogen and oxygen atoms in total. The SMILES string of the molecule is CCc1ccc(C(=O)NNC(=O)c2cc(-c3c(C)nn(C)c3C)n[nH]2)cc1. The summed E-state index contributed by atoms with van der Waals surface area (Å²) in [4.78, 5) is 24.4. The number of aromatic amines is 1. The van der Waals surface area contributed by atoms with Crippen molar-refractivity contribution < 1.29 is 9.59 Å². The van der Waals surface area contributed by atoms with Crippen molar-refractivity contribution in [1.82, 2.24) is 30.8 Å². The Labute approximate surface area is 156 Å². The van der Waals surface area contributed by atoms with Crippen molar-refractivity contribution in [3.8, 4) is 11.3 Å². The number of benzene rings is 1. The van der Waals surface area contributed by atoms with Crippen molar-refractivity contribution in [1.29, 1.82) is 0 Å². The summed E-state index contributed by atoms with van der Waals surface area (Å²) in [5.74, 6) is -0.865. The van der Waals surface area contributed by atoms with Gasteiger partial charge in [-0.25, -0.2) is 0 Å². The Bertz CT molecular complexity index is 984. The Balaban J connectivity index is 1.66. The van der Waals surface area contributed by atoms with Gasteiger partial charge in [-0.2, -0.15) is 10.2 Å². The second-order valence-corrected chi connectivity index (χ2v) is 6.30. The number of carbonyl (C=O) groups is 2. The van der Waals surface area contributed by atoms with Gasteiger partial charge in [0, 0.05) is 23.9 Å². The molecule has 140 valence electrons. The third-order valence-corrected chi connectivity index (χ3v) is 4.50. The minimum absolute atomic E-state index is 0.245. The molecule has 2 aromatic heterocycles. The molecule has 0 saturated heterocycles. The summed E-state index contributed by atoms with van der Waals surface area (Å²) in [6.07, 6.45) is 0.899. The molecule has 27 heavy (non-hydrogen) atoms. The predicted octanol–water partition coefficient (Wildman–Crippen LogP) is 2.06. The van der Waals surface area contributed by atoms with Gasteiger partial charge in [-0.3, -0.25) is 30.2 Å². The zero-order chi connectivity index (χ0) is 19.6. The molecule has 0 aliphatic rings. The molecule has 0 fully saturated rings. The van der Waals surface area contributed by atoms with Crippen LogP contribution in [0, 0.1) is 13.8 Å². The van der Waals surface area contributed by atoms with E-state index in [1.54, 1.807) is 22.9 Å². The number of hydrogen-bond acceptors (Lipinski definition) is 4. The molecule has 3 rings (SSSR count). The Morgan fingerprint density at radius 3 is 2.37 bits per heavy atom. The minimum atomic E-state index is -0.480. The van der Waals surface area contributed by atoms with Gasteiger partial charge in [0.25, 0.3) is 11.8 Å². The summed E-state index contributed by atoms with van der Waals surface area (Å²) < 4.78 is 1.77. The fourth-order valence-corrected chi connectivity index (χ4v) is 2.86. The topological polar surface area (TPSA) is 105 Å². The molecule has 0 aliphatic heterocycles. The lowest BCUT2D eigenvalue weighted by Crippen LogP contribution is -2.41. The quantitative estimate of drug-likeness (QED) is 0.615. The van der Waals surface area contributed by atoms with E-state index in [0.29, 0.717) is 11.3 Å². The van der Waals surface area contributed by atoms with Gasteiger partial charge in [-0.05, 0) is 44.0 Å². The van der Waals surface area contributed by atoms with E-state index in [9.17, 15) is 9.59 Å². The maximum Gasteiger partial charge on any atom is 0.287 e. The first-order valence-corrected chi connectivity index (χ1v) is 8.66. The summed E-state index contributed by atoms with van der Waals surface area (Å²) in [5.41, 5.74) is 9.96. The van der Waals surface area contributed by atoms with Crippen LogP contribution in [-0.2, 0) is 13.5 Å². The van der Waals surface area contributed by atoms with Crippen LogP contribution in [0.25, 0.3) is 11.3 Å². The Morgan fingerprint density at radius 1 is 1.11 bits per heavy atom. The molecule has 0 aliphatic carbocycles. The van der Waals surface area contributed by atoms with Crippen molar-refractivity contribution in [3.63, 3.8) is 0 Å². The fraction of sp³-hybridized carbons (Fsp3) is 0.263. The summed E-state index contributed by atoms with van der Waals surface area (Å²) >= 11 is 0. The number of hydrogen-bond donors (Lipinski definition) is 3. The number of hydrazine groups is 1. The van der Waals surface area contributed by atoms with Gasteiger partial charge in [0.2, 0.25) is 0 Å². The van der Waals surface area contributed by atoms with Gasteiger partial charge in [-0.1, -0.05) is 19.1 Å². The van der Waals surface area contributed by atoms with Gasteiger partial charge < -0.3 is 0 Å².